The summed E-state index contributed by atoms with van der Waals surface area (Å²) in [6, 6.07) is 6.24. The van der Waals surface area contributed by atoms with Crippen LogP contribution in [0, 0.1) is 17.6 Å². The number of hydrogen-bond acceptors (Lipinski definition) is 4. The smallest absolute Gasteiger partial charge is 0.338 e. The minimum atomic E-state index is -3.79. The molecule has 1 aliphatic heterocycles. The maximum Gasteiger partial charge on any atom is 0.338 e. The molecule has 1 heterocycles. The summed E-state index contributed by atoms with van der Waals surface area (Å²) < 4.78 is 61.0. The molecule has 172 valence electrons. The SMILES string of the molecule is O=C(O)c1cc(C2CC2)c(OCC2CCN(S(=O)(=O)c3ccc(Br)c(F)c3)CC2)cc1F. The molecule has 0 amide bonds. The molecule has 4 rings (SSSR count). The van der Waals surface area contributed by atoms with Crippen LogP contribution in [0.1, 0.15) is 47.5 Å². The van der Waals surface area contributed by atoms with Crippen LogP contribution in [0.5, 0.6) is 5.75 Å². The highest BCUT2D eigenvalue weighted by Crippen LogP contribution is 2.45. The lowest BCUT2D eigenvalue weighted by Crippen LogP contribution is -2.39. The molecule has 2 aromatic rings. The second-order valence-corrected chi connectivity index (χ2v) is 11.0. The van der Waals surface area contributed by atoms with Crippen molar-refractivity contribution >= 4 is 31.9 Å². The molecule has 1 saturated heterocycles. The van der Waals surface area contributed by atoms with Crippen molar-refractivity contribution in [2.45, 2.75) is 36.5 Å². The number of aromatic carboxylic acids is 1. The van der Waals surface area contributed by atoms with Crippen molar-refractivity contribution < 1.29 is 31.8 Å². The van der Waals surface area contributed by atoms with Gasteiger partial charge < -0.3 is 9.84 Å². The highest BCUT2D eigenvalue weighted by atomic mass is 79.9. The van der Waals surface area contributed by atoms with Crippen molar-refractivity contribution in [1.29, 1.82) is 0 Å². The van der Waals surface area contributed by atoms with Gasteiger partial charge >= 0.3 is 5.97 Å². The van der Waals surface area contributed by atoms with Crippen LogP contribution in [0.25, 0.3) is 0 Å². The summed E-state index contributed by atoms with van der Waals surface area (Å²) >= 11 is 3.02. The number of carbonyl (C=O) groups is 1. The third-order valence-electron chi connectivity index (χ3n) is 5.92. The summed E-state index contributed by atoms with van der Waals surface area (Å²) in [7, 11) is -3.79. The summed E-state index contributed by atoms with van der Waals surface area (Å²) in [4.78, 5) is 11.1. The molecule has 6 nitrogen and oxygen atoms in total. The summed E-state index contributed by atoms with van der Waals surface area (Å²) in [5.74, 6) is -2.17. The molecule has 0 aromatic heterocycles. The van der Waals surface area contributed by atoms with Crippen LogP contribution in [0.4, 0.5) is 8.78 Å². The Labute approximate surface area is 193 Å². The molecular formula is C22H22BrF2NO5S. The second kappa shape index (κ2) is 9.07. The average molecular weight is 530 g/mol. The van der Waals surface area contributed by atoms with E-state index in [9.17, 15) is 22.0 Å². The molecule has 0 atom stereocenters. The normalized spacial score (nSPS) is 18.0. The zero-order chi connectivity index (χ0) is 23.0. The Hall–Kier alpha value is -2.04. The van der Waals surface area contributed by atoms with Gasteiger partial charge in [-0.25, -0.2) is 22.0 Å². The first-order valence-corrected chi connectivity index (χ1v) is 12.5. The summed E-state index contributed by atoms with van der Waals surface area (Å²) in [6.07, 6.45) is 2.92. The Morgan fingerprint density at radius 1 is 1.09 bits per heavy atom. The van der Waals surface area contributed by atoms with E-state index in [4.69, 9.17) is 9.84 Å². The van der Waals surface area contributed by atoms with E-state index < -0.39 is 27.6 Å². The lowest BCUT2D eigenvalue weighted by atomic mass is 9.99. The van der Waals surface area contributed by atoms with E-state index in [1.54, 1.807) is 0 Å². The molecule has 2 aliphatic rings. The summed E-state index contributed by atoms with van der Waals surface area (Å²) in [5.41, 5.74) is 0.350. The number of carboxylic acids is 1. The molecule has 0 bridgehead atoms. The number of rotatable bonds is 7. The fraction of sp³-hybridized carbons (Fsp3) is 0.409. The van der Waals surface area contributed by atoms with Gasteiger partial charge in [-0.15, -0.1) is 0 Å². The standard InChI is InChI=1S/C22H22BrF2NO5S/c23-18-4-3-15(9-20(18)25)32(29,30)26-7-5-13(6-8-26)12-31-21-11-19(24)17(22(27)28)10-16(21)14-1-2-14/h3-4,9-11,13-14H,1-2,5-8,12H2,(H,27,28). The van der Waals surface area contributed by atoms with Crippen LogP contribution in [-0.2, 0) is 10.0 Å². The number of hydrogen-bond donors (Lipinski definition) is 1. The van der Waals surface area contributed by atoms with E-state index in [0.29, 0.717) is 24.2 Å². The number of carboxylic acid groups (broad SMARTS) is 1. The predicted molar refractivity (Wildman–Crippen MR) is 116 cm³/mol. The van der Waals surface area contributed by atoms with Crippen molar-refractivity contribution in [3.63, 3.8) is 0 Å². The van der Waals surface area contributed by atoms with E-state index in [2.05, 4.69) is 15.9 Å². The van der Waals surface area contributed by atoms with Crippen LogP contribution in [-0.4, -0.2) is 43.5 Å². The minimum absolute atomic E-state index is 0.0670. The maximum atomic E-state index is 14.2. The zero-order valence-corrected chi connectivity index (χ0v) is 19.5. The fourth-order valence-corrected chi connectivity index (χ4v) is 5.61. The van der Waals surface area contributed by atoms with Crippen molar-refractivity contribution in [3.8, 4) is 5.75 Å². The van der Waals surface area contributed by atoms with Crippen molar-refractivity contribution in [1.82, 2.24) is 4.31 Å². The van der Waals surface area contributed by atoms with Gasteiger partial charge in [-0.1, -0.05) is 0 Å². The fourth-order valence-electron chi connectivity index (χ4n) is 3.88. The van der Waals surface area contributed by atoms with Crippen LogP contribution in [0.3, 0.4) is 0 Å². The van der Waals surface area contributed by atoms with E-state index in [0.717, 1.165) is 25.0 Å². The quantitative estimate of drug-likeness (QED) is 0.557. The lowest BCUT2D eigenvalue weighted by molar-refractivity contribution is 0.0691. The molecule has 1 N–H and O–H groups in total. The number of nitrogens with zero attached hydrogens (tertiary/aromatic N) is 1. The van der Waals surface area contributed by atoms with Gasteiger partial charge in [0, 0.05) is 19.2 Å². The van der Waals surface area contributed by atoms with Crippen LogP contribution < -0.4 is 4.74 Å². The molecule has 2 fully saturated rings. The van der Waals surface area contributed by atoms with Gasteiger partial charge in [0.2, 0.25) is 10.0 Å². The molecule has 1 saturated carbocycles. The molecule has 10 heteroatoms. The number of sulfonamides is 1. The van der Waals surface area contributed by atoms with Crippen LogP contribution >= 0.6 is 15.9 Å². The number of piperidine rings is 1. The van der Waals surface area contributed by atoms with Gasteiger partial charge in [0.1, 0.15) is 17.4 Å². The van der Waals surface area contributed by atoms with E-state index >= 15 is 0 Å². The molecule has 1 aliphatic carbocycles. The third-order valence-corrected chi connectivity index (χ3v) is 8.46. The Morgan fingerprint density at radius 2 is 1.78 bits per heavy atom. The number of ether oxygens (including phenoxy) is 1. The molecular weight excluding hydrogens is 508 g/mol. The molecule has 0 unspecified atom stereocenters. The number of benzene rings is 2. The topological polar surface area (TPSA) is 83.9 Å². The lowest BCUT2D eigenvalue weighted by Gasteiger charge is -2.31. The number of halogens is 3. The van der Waals surface area contributed by atoms with Gasteiger partial charge in [0.25, 0.3) is 0 Å². The minimum Gasteiger partial charge on any atom is -0.493 e. The van der Waals surface area contributed by atoms with Gasteiger partial charge in [0.15, 0.2) is 0 Å². The second-order valence-electron chi connectivity index (χ2n) is 8.18. The third kappa shape index (κ3) is 4.82. The first-order valence-electron chi connectivity index (χ1n) is 10.3. The molecule has 32 heavy (non-hydrogen) atoms. The van der Waals surface area contributed by atoms with E-state index in [1.165, 1.54) is 22.5 Å². The highest BCUT2D eigenvalue weighted by Gasteiger charge is 2.32. The Morgan fingerprint density at radius 3 is 2.38 bits per heavy atom. The Balaban J connectivity index is 1.39. The van der Waals surface area contributed by atoms with Gasteiger partial charge in [-0.05, 0) is 83.3 Å². The van der Waals surface area contributed by atoms with Gasteiger partial charge in [0.05, 0.1) is 21.5 Å². The van der Waals surface area contributed by atoms with Gasteiger partial charge in [-0.2, -0.15) is 4.31 Å². The van der Waals surface area contributed by atoms with Crippen molar-refractivity contribution in [3.05, 3.63) is 57.6 Å². The molecule has 0 spiro atoms. The zero-order valence-electron chi connectivity index (χ0n) is 17.1. The monoisotopic (exact) mass is 529 g/mol. The molecule has 0 radical (unpaired) electrons. The highest BCUT2D eigenvalue weighted by molar-refractivity contribution is 9.10. The van der Waals surface area contributed by atoms with Crippen molar-refractivity contribution in [2.24, 2.45) is 5.92 Å². The first kappa shape index (κ1) is 23.1. The largest absolute Gasteiger partial charge is 0.493 e. The van der Waals surface area contributed by atoms with Crippen LogP contribution in [0.2, 0.25) is 0 Å². The summed E-state index contributed by atoms with van der Waals surface area (Å²) in [6.45, 7) is 0.831. The average Bonchev–Trinajstić information content (AvgIpc) is 3.59. The van der Waals surface area contributed by atoms with E-state index in [-0.39, 0.29) is 46.5 Å². The summed E-state index contributed by atoms with van der Waals surface area (Å²) in [5, 5.41) is 9.16. The predicted octanol–water partition coefficient (Wildman–Crippen LogP) is 4.78. The van der Waals surface area contributed by atoms with Crippen LogP contribution in [0.15, 0.2) is 39.7 Å². The van der Waals surface area contributed by atoms with Crippen molar-refractivity contribution in [2.75, 3.05) is 19.7 Å². The first-order chi connectivity index (χ1) is 15.2. The Kier molecular flexibility index (Phi) is 6.56. The molecule has 2 aromatic carbocycles. The van der Waals surface area contributed by atoms with E-state index in [1.807, 2.05) is 0 Å². The Bertz CT molecular complexity index is 1150. The maximum absolute atomic E-state index is 14.2. The van der Waals surface area contributed by atoms with Gasteiger partial charge in [-0.3, -0.25) is 0 Å².